The van der Waals surface area contributed by atoms with E-state index in [0.717, 1.165) is 5.56 Å². The zero-order valence-electron chi connectivity index (χ0n) is 10.8. The zero-order chi connectivity index (χ0) is 13.8. The zero-order valence-corrected chi connectivity index (χ0v) is 10.8. The van der Waals surface area contributed by atoms with Crippen molar-refractivity contribution in [3.05, 3.63) is 23.8 Å². The molecular formula is C13H16N2O4. The van der Waals surface area contributed by atoms with Crippen LogP contribution in [0.4, 0.5) is 0 Å². The molecule has 1 aliphatic heterocycles. The molecule has 6 heteroatoms. The van der Waals surface area contributed by atoms with Gasteiger partial charge in [0.05, 0.1) is 0 Å². The summed E-state index contributed by atoms with van der Waals surface area (Å²) in [5.41, 5.74) is 1.22. The van der Waals surface area contributed by atoms with Crippen LogP contribution in [0, 0.1) is 0 Å². The number of nitrogens with zero attached hydrogens (tertiary/aromatic N) is 1. The van der Waals surface area contributed by atoms with Crippen molar-refractivity contribution in [2.45, 2.75) is 20.0 Å². The normalized spacial score (nSPS) is 16.6. The van der Waals surface area contributed by atoms with Crippen LogP contribution >= 0.6 is 0 Å². The van der Waals surface area contributed by atoms with Crippen molar-refractivity contribution in [1.82, 2.24) is 5.32 Å². The summed E-state index contributed by atoms with van der Waals surface area (Å²) in [5.74, 6) is 0.964. The van der Waals surface area contributed by atoms with Gasteiger partial charge in [0.1, 0.15) is 23.8 Å². The second-order valence-corrected chi connectivity index (χ2v) is 4.15. The number of carbonyl (C=O) groups is 1. The monoisotopic (exact) mass is 264 g/mol. The number of rotatable bonds is 4. The minimum Gasteiger partial charge on any atom is -0.486 e. The minimum atomic E-state index is -0.578. The number of carbonyl (C=O) groups excluding carboxylic acids is 1. The first-order valence-electron chi connectivity index (χ1n) is 6.08. The van der Waals surface area contributed by atoms with Gasteiger partial charge in [-0.3, -0.25) is 4.79 Å². The predicted octanol–water partition coefficient (Wildman–Crippen LogP) is 1.16. The lowest BCUT2D eigenvalue weighted by Gasteiger charge is -2.14. The highest BCUT2D eigenvalue weighted by Gasteiger charge is 2.21. The number of fused-ring (bicyclic) bond motifs is 1. The Labute approximate surface area is 111 Å². The Morgan fingerprint density at radius 2 is 2.42 bits per heavy atom. The molecule has 19 heavy (non-hydrogen) atoms. The molecule has 1 atom stereocenters. The highest BCUT2D eigenvalue weighted by Crippen LogP contribution is 2.30. The van der Waals surface area contributed by atoms with Crippen molar-refractivity contribution >= 4 is 11.6 Å². The van der Waals surface area contributed by atoms with Crippen LogP contribution in [0.3, 0.4) is 0 Å². The summed E-state index contributed by atoms with van der Waals surface area (Å²) < 4.78 is 10.9. The van der Waals surface area contributed by atoms with Crippen molar-refractivity contribution in [2.75, 3.05) is 13.2 Å². The van der Waals surface area contributed by atoms with Crippen LogP contribution in [0.1, 0.15) is 19.4 Å². The highest BCUT2D eigenvalue weighted by atomic mass is 16.5. The fraction of sp³-hybridized carbons (Fsp3) is 0.385. The van der Waals surface area contributed by atoms with Crippen molar-refractivity contribution in [2.24, 2.45) is 5.16 Å². The van der Waals surface area contributed by atoms with Gasteiger partial charge >= 0.3 is 0 Å². The Morgan fingerprint density at radius 3 is 3.11 bits per heavy atom. The summed E-state index contributed by atoms with van der Waals surface area (Å²) in [6, 6.07) is 5.15. The van der Waals surface area contributed by atoms with E-state index in [1.165, 1.54) is 0 Å². The molecule has 0 fully saturated rings. The highest BCUT2D eigenvalue weighted by molar-refractivity contribution is 6.06. The molecule has 2 N–H and O–H groups in total. The van der Waals surface area contributed by atoms with Gasteiger partial charge < -0.3 is 20.0 Å². The van der Waals surface area contributed by atoms with E-state index in [9.17, 15) is 4.79 Å². The van der Waals surface area contributed by atoms with Crippen LogP contribution in [-0.4, -0.2) is 36.1 Å². The van der Waals surface area contributed by atoms with Gasteiger partial charge in [0.25, 0.3) is 5.91 Å². The lowest BCUT2D eigenvalue weighted by Crippen LogP contribution is -2.36. The fourth-order valence-corrected chi connectivity index (χ4v) is 1.82. The number of likely N-dealkylation sites (N-methyl/N-ethyl adjacent to an activating group) is 1. The SMILES string of the molecule is CCNC(=O)C(C)Oc1ccc2c(c1)OCC2=NO. The molecule has 1 unspecified atom stereocenters. The van der Waals surface area contributed by atoms with E-state index >= 15 is 0 Å². The van der Waals surface area contributed by atoms with Crippen molar-refractivity contribution in [3.63, 3.8) is 0 Å². The Kier molecular flexibility index (Phi) is 3.89. The Balaban J connectivity index is 2.09. The number of benzene rings is 1. The third-order valence-corrected chi connectivity index (χ3v) is 2.78. The second-order valence-electron chi connectivity index (χ2n) is 4.15. The first-order valence-corrected chi connectivity index (χ1v) is 6.08. The van der Waals surface area contributed by atoms with Gasteiger partial charge in [0.2, 0.25) is 0 Å². The molecule has 0 bridgehead atoms. The van der Waals surface area contributed by atoms with Gasteiger partial charge in [0.15, 0.2) is 6.10 Å². The lowest BCUT2D eigenvalue weighted by atomic mass is 10.1. The summed E-state index contributed by atoms with van der Waals surface area (Å²) in [6.07, 6.45) is -0.578. The average Bonchev–Trinajstić information content (AvgIpc) is 2.81. The van der Waals surface area contributed by atoms with E-state index in [1.54, 1.807) is 25.1 Å². The van der Waals surface area contributed by atoms with Gasteiger partial charge in [0, 0.05) is 18.2 Å². The fourth-order valence-electron chi connectivity index (χ4n) is 1.82. The van der Waals surface area contributed by atoms with E-state index in [1.807, 2.05) is 6.92 Å². The number of ether oxygens (including phenoxy) is 2. The summed E-state index contributed by atoms with van der Waals surface area (Å²) in [5, 5.41) is 14.6. The van der Waals surface area contributed by atoms with E-state index < -0.39 is 6.10 Å². The van der Waals surface area contributed by atoms with Crippen molar-refractivity contribution in [3.8, 4) is 11.5 Å². The second kappa shape index (κ2) is 5.60. The first-order chi connectivity index (χ1) is 9.15. The predicted molar refractivity (Wildman–Crippen MR) is 69.0 cm³/mol. The van der Waals surface area contributed by atoms with E-state index in [4.69, 9.17) is 14.7 Å². The van der Waals surface area contributed by atoms with Crippen LogP contribution in [0.2, 0.25) is 0 Å². The van der Waals surface area contributed by atoms with E-state index in [2.05, 4.69) is 10.5 Å². The van der Waals surface area contributed by atoms with Crippen LogP contribution in [0.25, 0.3) is 0 Å². The lowest BCUT2D eigenvalue weighted by molar-refractivity contribution is -0.127. The molecule has 0 spiro atoms. The number of hydrogen-bond donors (Lipinski definition) is 2. The molecule has 1 amide bonds. The van der Waals surface area contributed by atoms with Crippen LogP contribution in [-0.2, 0) is 4.79 Å². The molecule has 0 radical (unpaired) electrons. The van der Waals surface area contributed by atoms with Gasteiger partial charge in [-0.15, -0.1) is 0 Å². The molecule has 2 rings (SSSR count). The van der Waals surface area contributed by atoms with Gasteiger partial charge in [-0.25, -0.2) is 0 Å². The molecule has 0 aliphatic carbocycles. The minimum absolute atomic E-state index is 0.165. The van der Waals surface area contributed by atoms with Crippen molar-refractivity contribution in [1.29, 1.82) is 0 Å². The molecule has 1 aliphatic rings. The largest absolute Gasteiger partial charge is 0.486 e. The molecular weight excluding hydrogens is 248 g/mol. The third kappa shape index (κ3) is 2.78. The quantitative estimate of drug-likeness (QED) is 0.631. The van der Waals surface area contributed by atoms with Gasteiger partial charge in [-0.1, -0.05) is 5.16 Å². The maximum Gasteiger partial charge on any atom is 0.260 e. The molecule has 0 saturated heterocycles. The Bertz CT molecular complexity index is 513. The molecule has 6 nitrogen and oxygen atoms in total. The Morgan fingerprint density at radius 1 is 1.63 bits per heavy atom. The molecule has 102 valence electrons. The summed E-state index contributed by atoms with van der Waals surface area (Å²) in [7, 11) is 0. The maximum atomic E-state index is 11.6. The number of hydrogen-bond acceptors (Lipinski definition) is 5. The summed E-state index contributed by atoms with van der Waals surface area (Å²) >= 11 is 0. The molecule has 0 saturated carbocycles. The van der Waals surface area contributed by atoms with Gasteiger partial charge in [-0.05, 0) is 26.0 Å². The van der Waals surface area contributed by atoms with Gasteiger partial charge in [-0.2, -0.15) is 0 Å². The number of oxime groups is 1. The summed E-state index contributed by atoms with van der Waals surface area (Å²) in [4.78, 5) is 11.6. The molecule has 1 aromatic rings. The number of nitrogens with one attached hydrogen (secondary N) is 1. The van der Waals surface area contributed by atoms with Crippen LogP contribution in [0.15, 0.2) is 23.4 Å². The van der Waals surface area contributed by atoms with E-state index in [-0.39, 0.29) is 12.5 Å². The standard InChI is InChI=1S/C13H16N2O4/c1-3-14-13(16)8(2)19-9-4-5-10-11(15-17)7-18-12(10)6-9/h4-6,8,17H,3,7H2,1-2H3,(H,14,16). The van der Waals surface area contributed by atoms with Crippen molar-refractivity contribution < 1.29 is 19.5 Å². The van der Waals surface area contributed by atoms with Crippen LogP contribution in [0.5, 0.6) is 11.5 Å². The average molecular weight is 264 g/mol. The summed E-state index contributed by atoms with van der Waals surface area (Å²) in [6.45, 7) is 4.33. The first kappa shape index (κ1) is 13.2. The third-order valence-electron chi connectivity index (χ3n) is 2.78. The smallest absolute Gasteiger partial charge is 0.260 e. The van der Waals surface area contributed by atoms with E-state index in [0.29, 0.717) is 23.8 Å². The molecule has 1 aromatic carbocycles. The number of amides is 1. The Hall–Kier alpha value is -2.24. The maximum absolute atomic E-state index is 11.6. The molecule has 1 heterocycles. The van der Waals surface area contributed by atoms with Crippen LogP contribution < -0.4 is 14.8 Å². The topological polar surface area (TPSA) is 80.2 Å². The molecule has 0 aromatic heterocycles.